The van der Waals surface area contributed by atoms with Crippen LogP contribution in [0.15, 0.2) is 18.5 Å². The van der Waals surface area contributed by atoms with Crippen molar-refractivity contribution in [2.45, 2.75) is 26.4 Å². The van der Waals surface area contributed by atoms with Crippen LogP contribution in [-0.4, -0.2) is 34.0 Å². The van der Waals surface area contributed by atoms with Gasteiger partial charge in [0.15, 0.2) is 0 Å². The van der Waals surface area contributed by atoms with E-state index in [0.717, 1.165) is 11.1 Å². The summed E-state index contributed by atoms with van der Waals surface area (Å²) >= 11 is 0. The number of aliphatic carboxylic acids is 1. The van der Waals surface area contributed by atoms with Gasteiger partial charge in [-0.25, -0.2) is 0 Å². The third-order valence-electron chi connectivity index (χ3n) is 2.59. The second kappa shape index (κ2) is 4.89. The zero-order chi connectivity index (χ0) is 11.4. The molecule has 1 atom stereocenters. The van der Waals surface area contributed by atoms with Crippen molar-refractivity contribution in [2.75, 3.05) is 7.05 Å². The van der Waals surface area contributed by atoms with Crippen LogP contribution < -0.4 is 0 Å². The van der Waals surface area contributed by atoms with Crippen molar-refractivity contribution in [2.24, 2.45) is 0 Å². The number of carboxylic acid groups (broad SMARTS) is 1. The molecule has 4 heteroatoms. The van der Waals surface area contributed by atoms with Gasteiger partial charge in [0.05, 0.1) is 0 Å². The summed E-state index contributed by atoms with van der Waals surface area (Å²) in [4.78, 5) is 16.6. The van der Waals surface area contributed by atoms with Crippen molar-refractivity contribution < 1.29 is 9.90 Å². The van der Waals surface area contributed by atoms with Gasteiger partial charge in [0.25, 0.3) is 0 Å². The molecular formula is C11H16N2O2. The molecule has 0 aliphatic heterocycles. The summed E-state index contributed by atoms with van der Waals surface area (Å²) < 4.78 is 0. The van der Waals surface area contributed by atoms with E-state index in [2.05, 4.69) is 4.98 Å². The second-order valence-electron chi connectivity index (χ2n) is 3.73. The molecule has 1 aromatic rings. The number of likely N-dealkylation sites (N-methyl/N-ethyl adjacent to an activating group) is 1. The van der Waals surface area contributed by atoms with Gasteiger partial charge >= 0.3 is 5.97 Å². The topological polar surface area (TPSA) is 53.4 Å². The fourth-order valence-corrected chi connectivity index (χ4v) is 1.26. The molecule has 0 amide bonds. The standard InChI is InChI=1S/C11H16N2O2/c1-8-4-5-12-6-10(8)7-13(3)9(2)11(14)15/h4-6,9H,7H2,1-3H3,(H,14,15). The highest BCUT2D eigenvalue weighted by atomic mass is 16.4. The molecule has 0 aliphatic carbocycles. The molecule has 1 unspecified atom stereocenters. The summed E-state index contributed by atoms with van der Waals surface area (Å²) in [6.45, 7) is 4.28. The monoisotopic (exact) mass is 208 g/mol. The molecule has 0 aromatic carbocycles. The lowest BCUT2D eigenvalue weighted by Gasteiger charge is -2.21. The fraction of sp³-hybridized carbons (Fsp3) is 0.455. The summed E-state index contributed by atoms with van der Waals surface area (Å²) in [7, 11) is 1.80. The average Bonchev–Trinajstić information content (AvgIpc) is 2.20. The summed E-state index contributed by atoms with van der Waals surface area (Å²) in [5.74, 6) is -0.806. The normalized spacial score (nSPS) is 12.8. The lowest BCUT2D eigenvalue weighted by molar-refractivity contribution is -0.142. The first-order chi connectivity index (χ1) is 7.02. The van der Waals surface area contributed by atoms with Crippen LogP contribution >= 0.6 is 0 Å². The Morgan fingerprint density at radius 2 is 2.33 bits per heavy atom. The molecular weight excluding hydrogens is 192 g/mol. The Bertz CT molecular complexity index is 352. The molecule has 15 heavy (non-hydrogen) atoms. The number of hydrogen-bond acceptors (Lipinski definition) is 3. The second-order valence-corrected chi connectivity index (χ2v) is 3.73. The highest BCUT2D eigenvalue weighted by molar-refractivity contribution is 5.72. The first-order valence-corrected chi connectivity index (χ1v) is 4.85. The van der Waals surface area contributed by atoms with E-state index in [1.165, 1.54) is 0 Å². The highest BCUT2D eigenvalue weighted by Gasteiger charge is 2.17. The number of nitrogens with zero attached hydrogens (tertiary/aromatic N) is 2. The number of hydrogen-bond donors (Lipinski definition) is 1. The Balaban J connectivity index is 2.70. The summed E-state index contributed by atoms with van der Waals surface area (Å²) in [6.07, 6.45) is 3.51. The summed E-state index contributed by atoms with van der Waals surface area (Å²) in [5, 5.41) is 8.84. The highest BCUT2D eigenvalue weighted by Crippen LogP contribution is 2.09. The number of rotatable bonds is 4. The molecule has 0 radical (unpaired) electrons. The van der Waals surface area contributed by atoms with Gasteiger partial charge in [-0.2, -0.15) is 0 Å². The first-order valence-electron chi connectivity index (χ1n) is 4.85. The van der Waals surface area contributed by atoms with Crippen molar-refractivity contribution >= 4 is 5.97 Å². The van der Waals surface area contributed by atoms with Gasteiger partial charge in [0.1, 0.15) is 6.04 Å². The first kappa shape index (κ1) is 11.7. The minimum atomic E-state index is -0.806. The third kappa shape index (κ3) is 3.02. The van der Waals surface area contributed by atoms with Crippen molar-refractivity contribution in [3.8, 4) is 0 Å². The minimum Gasteiger partial charge on any atom is -0.480 e. The minimum absolute atomic E-state index is 0.482. The van der Waals surface area contributed by atoms with Gasteiger partial charge in [-0.3, -0.25) is 14.7 Å². The zero-order valence-electron chi connectivity index (χ0n) is 9.27. The maximum absolute atomic E-state index is 10.8. The van der Waals surface area contributed by atoms with E-state index in [4.69, 9.17) is 5.11 Å². The SMILES string of the molecule is Cc1ccncc1CN(C)C(C)C(=O)O. The molecule has 0 aliphatic rings. The Hall–Kier alpha value is -1.42. The van der Waals surface area contributed by atoms with Crippen LogP contribution in [0.3, 0.4) is 0 Å². The fourth-order valence-electron chi connectivity index (χ4n) is 1.26. The van der Waals surface area contributed by atoms with Crippen molar-refractivity contribution in [3.05, 3.63) is 29.6 Å². The van der Waals surface area contributed by atoms with Crippen molar-refractivity contribution in [1.82, 2.24) is 9.88 Å². The smallest absolute Gasteiger partial charge is 0.320 e. The largest absolute Gasteiger partial charge is 0.480 e. The Labute approximate surface area is 89.6 Å². The Kier molecular flexibility index (Phi) is 3.80. The van der Waals surface area contributed by atoms with Crippen LogP contribution in [0.5, 0.6) is 0 Å². The van der Waals surface area contributed by atoms with Crippen LogP contribution in [-0.2, 0) is 11.3 Å². The van der Waals surface area contributed by atoms with Gasteiger partial charge < -0.3 is 5.11 Å². The molecule has 0 saturated carbocycles. The predicted octanol–water partition coefficient (Wildman–Crippen LogP) is 1.29. The van der Waals surface area contributed by atoms with E-state index in [1.807, 2.05) is 13.0 Å². The van der Waals surface area contributed by atoms with E-state index in [0.29, 0.717) is 6.54 Å². The number of pyridine rings is 1. The van der Waals surface area contributed by atoms with Gasteiger partial charge in [0, 0.05) is 18.9 Å². The summed E-state index contributed by atoms with van der Waals surface area (Å²) in [5.41, 5.74) is 2.20. The molecule has 4 nitrogen and oxygen atoms in total. The Morgan fingerprint density at radius 1 is 1.67 bits per heavy atom. The van der Waals surface area contributed by atoms with Gasteiger partial charge in [0.2, 0.25) is 0 Å². The molecule has 1 heterocycles. The average molecular weight is 208 g/mol. The van der Waals surface area contributed by atoms with Crippen LogP contribution in [0.4, 0.5) is 0 Å². The molecule has 1 rings (SSSR count). The number of aryl methyl sites for hydroxylation is 1. The van der Waals surface area contributed by atoms with Gasteiger partial charge in [-0.15, -0.1) is 0 Å². The van der Waals surface area contributed by atoms with Crippen LogP contribution in [0.1, 0.15) is 18.1 Å². The third-order valence-corrected chi connectivity index (χ3v) is 2.59. The van der Waals surface area contributed by atoms with Crippen LogP contribution in [0.25, 0.3) is 0 Å². The quantitative estimate of drug-likeness (QED) is 0.810. The number of aromatic nitrogens is 1. The maximum Gasteiger partial charge on any atom is 0.320 e. The summed E-state index contributed by atoms with van der Waals surface area (Å²) in [6, 6.07) is 1.44. The zero-order valence-corrected chi connectivity index (χ0v) is 9.27. The van der Waals surface area contributed by atoms with E-state index >= 15 is 0 Å². The molecule has 0 saturated heterocycles. The van der Waals surface area contributed by atoms with Crippen LogP contribution in [0, 0.1) is 6.92 Å². The van der Waals surface area contributed by atoms with Crippen molar-refractivity contribution in [3.63, 3.8) is 0 Å². The number of carboxylic acids is 1. The van der Waals surface area contributed by atoms with Gasteiger partial charge in [-0.05, 0) is 38.1 Å². The Morgan fingerprint density at radius 3 is 2.87 bits per heavy atom. The molecule has 82 valence electrons. The lowest BCUT2D eigenvalue weighted by Crippen LogP contribution is -2.35. The van der Waals surface area contributed by atoms with E-state index in [-0.39, 0.29) is 0 Å². The predicted molar refractivity (Wildman–Crippen MR) is 57.5 cm³/mol. The van der Waals surface area contributed by atoms with Crippen LogP contribution in [0.2, 0.25) is 0 Å². The molecule has 0 bridgehead atoms. The van der Waals surface area contributed by atoms with Crippen molar-refractivity contribution in [1.29, 1.82) is 0 Å². The molecule has 0 fully saturated rings. The van der Waals surface area contributed by atoms with E-state index in [1.54, 1.807) is 31.3 Å². The number of carbonyl (C=O) groups is 1. The van der Waals surface area contributed by atoms with Gasteiger partial charge in [-0.1, -0.05) is 0 Å². The van der Waals surface area contributed by atoms with E-state index < -0.39 is 12.0 Å². The van der Waals surface area contributed by atoms with E-state index in [9.17, 15) is 4.79 Å². The maximum atomic E-state index is 10.8. The lowest BCUT2D eigenvalue weighted by atomic mass is 10.1. The molecule has 1 N–H and O–H groups in total. The molecule has 1 aromatic heterocycles. The molecule has 0 spiro atoms.